The van der Waals surface area contributed by atoms with Gasteiger partial charge in [0.05, 0.1) is 0 Å². The van der Waals surface area contributed by atoms with Crippen LogP contribution in [0.4, 0.5) is 0 Å². The largest absolute Gasteiger partial charge is 3.00 e. The molecule has 0 aromatic heterocycles. The SMILES string of the molecule is CO.[CH3-].[CH3-].[Zr+3].c1cc[cH-]c1. The maximum atomic E-state index is 7.00. The Morgan fingerprint density at radius 2 is 1.30 bits per heavy atom. The van der Waals surface area contributed by atoms with E-state index < -0.39 is 0 Å². The van der Waals surface area contributed by atoms with Crippen LogP contribution in [-0.2, 0) is 26.2 Å². The topological polar surface area (TPSA) is 20.2 Å². The normalized spacial score (nSPS) is 4.60. The van der Waals surface area contributed by atoms with Gasteiger partial charge in [-0.15, -0.1) is 0 Å². The van der Waals surface area contributed by atoms with Crippen molar-refractivity contribution in [2.45, 2.75) is 0 Å². The van der Waals surface area contributed by atoms with E-state index in [1.807, 2.05) is 30.3 Å². The van der Waals surface area contributed by atoms with Gasteiger partial charge in [0.15, 0.2) is 0 Å². The maximum Gasteiger partial charge on any atom is 3.00 e. The molecule has 2 heteroatoms. The average molecular weight is 218 g/mol. The monoisotopic (exact) mass is 217 g/mol. The molecule has 0 aliphatic rings. The van der Waals surface area contributed by atoms with E-state index in [2.05, 4.69) is 0 Å². The zero-order valence-corrected chi connectivity index (χ0v) is 9.29. The maximum absolute atomic E-state index is 7.00. The van der Waals surface area contributed by atoms with Crippen LogP contribution in [-0.4, -0.2) is 12.2 Å². The Labute approximate surface area is 83.6 Å². The van der Waals surface area contributed by atoms with Gasteiger partial charge in [-0.1, -0.05) is 0 Å². The molecule has 1 aromatic rings. The van der Waals surface area contributed by atoms with Crippen molar-refractivity contribution in [1.29, 1.82) is 0 Å². The average Bonchev–Trinajstić information content (AvgIpc) is 2.23. The Kier molecular flexibility index (Phi) is 51.4. The predicted octanol–water partition coefficient (Wildman–Crippen LogP) is 1.91. The van der Waals surface area contributed by atoms with Gasteiger partial charge in [0.25, 0.3) is 0 Å². The third-order valence-electron chi connectivity index (χ3n) is 0.556. The quantitative estimate of drug-likeness (QED) is 0.660. The van der Waals surface area contributed by atoms with Gasteiger partial charge in [-0.2, -0.15) is 18.2 Å². The summed E-state index contributed by atoms with van der Waals surface area (Å²) in [6.07, 6.45) is 0. The molecular formula is C8H15OZr. The van der Waals surface area contributed by atoms with Gasteiger partial charge in [-0.05, 0) is 0 Å². The van der Waals surface area contributed by atoms with E-state index in [4.69, 9.17) is 5.11 Å². The van der Waals surface area contributed by atoms with E-state index in [1.54, 1.807) is 0 Å². The van der Waals surface area contributed by atoms with Crippen molar-refractivity contribution in [1.82, 2.24) is 0 Å². The van der Waals surface area contributed by atoms with E-state index in [0.717, 1.165) is 7.11 Å². The van der Waals surface area contributed by atoms with E-state index in [-0.39, 0.29) is 41.1 Å². The standard InChI is InChI=1S/C5H5.CH4O.2CH3.Zr/c1-2-4-5-3-1;1-2;;;/h1-5H;2H,1H3;2*1H3;/q-1;;2*-1;+3. The molecule has 0 heterocycles. The Hall–Kier alpha value is 0.193. The summed E-state index contributed by atoms with van der Waals surface area (Å²) in [5.74, 6) is 0. The molecule has 1 N–H and O–H groups in total. The molecule has 0 saturated carbocycles. The van der Waals surface area contributed by atoms with Crippen LogP contribution in [0.3, 0.4) is 0 Å². The van der Waals surface area contributed by atoms with Crippen LogP contribution in [0.2, 0.25) is 0 Å². The predicted molar refractivity (Wildman–Crippen MR) is 43.0 cm³/mol. The van der Waals surface area contributed by atoms with Crippen molar-refractivity contribution in [3.8, 4) is 0 Å². The van der Waals surface area contributed by atoms with Crippen molar-refractivity contribution in [2.75, 3.05) is 7.11 Å². The molecule has 10 heavy (non-hydrogen) atoms. The molecule has 0 fully saturated rings. The van der Waals surface area contributed by atoms with Crippen LogP contribution in [0.1, 0.15) is 0 Å². The van der Waals surface area contributed by atoms with E-state index in [9.17, 15) is 0 Å². The van der Waals surface area contributed by atoms with E-state index >= 15 is 0 Å². The molecule has 0 spiro atoms. The third-order valence-corrected chi connectivity index (χ3v) is 0.556. The Balaban J connectivity index is -0.0000000337. The van der Waals surface area contributed by atoms with Gasteiger partial charge in [-0.3, -0.25) is 0 Å². The molecule has 1 nitrogen and oxygen atoms in total. The second-order valence-electron chi connectivity index (χ2n) is 0.962. The summed E-state index contributed by atoms with van der Waals surface area (Å²) in [5.41, 5.74) is 0. The molecule has 1 rings (SSSR count). The summed E-state index contributed by atoms with van der Waals surface area (Å²) in [5, 5.41) is 7.00. The van der Waals surface area contributed by atoms with Crippen LogP contribution in [0, 0.1) is 14.9 Å². The van der Waals surface area contributed by atoms with Crippen molar-refractivity contribution >= 4 is 0 Å². The van der Waals surface area contributed by atoms with Crippen LogP contribution < -0.4 is 0 Å². The number of rotatable bonds is 0. The molecule has 0 aliphatic heterocycles. The van der Waals surface area contributed by atoms with Gasteiger partial charge in [-0.25, -0.2) is 12.1 Å². The third kappa shape index (κ3) is 15.7. The molecule has 0 bridgehead atoms. The second kappa shape index (κ2) is 22.9. The zero-order valence-electron chi connectivity index (χ0n) is 6.83. The first kappa shape index (κ1) is 22.5. The molecule has 1 radical (unpaired) electrons. The number of aliphatic hydroxyl groups is 1. The van der Waals surface area contributed by atoms with Crippen LogP contribution >= 0.6 is 0 Å². The Morgan fingerprint density at radius 1 is 1.00 bits per heavy atom. The zero-order chi connectivity index (χ0) is 5.54. The molecule has 0 atom stereocenters. The molecule has 0 aliphatic carbocycles. The van der Waals surface area contributed by atoms with Gasteiger partial charge in [0.2, 0.25) is 0 Å². The number of hydrogen-bond donors (Lipinski definition) is 1. The summed E-state index contributed by atoms with van der Waals surface area (Å²) >= 11 is 0. The van der Waals surface area contributed by atoms with Gasteiger partial charge >= 0.3 is 26.2 Å². The molecule has 57 valence electrons. The fraction of sp³-hybridized carbons (Fsp3) is 0.125. The van der Waals surface area contributed by atoms with Crippen LogP contribution in [0.15, 0.2) is 30.3 Å². The first-order chi connectivity index (χ1) is 3.50. The smallest absolute Gasteiger partial charge is 0.400 e. The van der Waals surface area contributed by atoms with Gasteiger partial charge in [0, 0.05) is 7.11 Å². The van der Waals surface area contributed by atoms with Gasteiger partial charge in [0.1, 0.15) is 0 Å². The fourth-order valence-corrected chi connectivity index (χ4v) is 0.321. The Morgan fingerprint density at radius 3 is 1.40 bits per heavy atom. The summed E-state index contributed by atoms with van der Waals surface area (Å²) in [7, 11) is 1.00. The first-order valence-electron chi connectivity index (χ1n) is 2.11. The Bertz CT molecular complexity index is 65.7. The van der Waals surface area contributed by atoms with Crippen LogP contribution in [0.25, 0.3) is 0 Å². The summed E-state index contributed by atoms with van der Waals surface area (Å²) in [6.45, 7) is 0. The van der Waals surface area contributed by atoms with Crippen molar-refractivity contribution in [3.63, 3.8) is 0 Å². The number of aliphatic hydroxyl groups excluding tert-OH is 1. The minimum atomic E-state index is 0. The number of hydrogen-bond acceptors (Lipinski definition) is 1. The van der Waals surface area contributed by atoms with Crippen molar-refractivity contribution < 1.29 is 31.3 Å². The molecule has 0 saturated heterocycles. The molecule has 1 aromatic carbocycles. The van der Waals surface area contributed by atoms with Crippen LogP contribution in [0.5, 0.6) is 0 Å². The van der Waals surface area contributed by atoms with E-state index in [0.29, 0.717) is 0 Å². The van der Waals surface area contributed by atoms with E-state index in [1.165, 1.54) is 0 Å². The molecule has 0 unspecified atom stereocenters. The van der Waals surface area contributed by atoms with Crippen molar-refractivity contribution in [2.24, 2.45) is 0 Å². The second-order valence-corrected chi connectivity index (χ2v) is 0.962. The van der Waals surface area contributed by atoms with Crippen molar-refractivity contribution in [3.05, 3.63) is 45.2 Å². The summed E-state index contributed by atoms with van der Waals surface area (Å²) in [4.78, 5) is 0. The van der Waals surface area contributed by atoms with Gasteiger partial charge < -0.3 is 20.0 Å². The minimum Gasteiger partial charge on any atom is -0.400 e. The summed E-state index contributed by atoms with van der Waals surface area (Å²) < 4.78 is 0. The molecule has 0 amide bonds. The molecular weight excluding hydrogens is 203 g/mol. The first-order valence-corrected chi connectivity index (χ1v) is 2.11. The minimum absolute atomic E-state index is 0. The fourth-order valence-electron chi connectivity index (χ4n) is 0.321. The summed E-state index contributed by atoms with van der Waals surface area (Å²) in [6, 6.07) is 10.0.